The minimum absolute atomic E-state index is 0.387. The lowest BCUT2D eigenvalue weighted by Gasteiger charge is -2.13. The maximum Gasteiger partial charge on any atom is 0.121 e. The number of phenolic OH excluding ortho intramolecular Hbond substituents is 1. The average molecular weight is 218 g/mol. The highest BCUT2D eigenvalue weighted by Gasteiger charge is 2.12. The fourth-order valence-corrected chi connectivity index (χ4v) is 2.12. The summed E-state index contributed by atoms with van der Waals surface area (Å²) in [5.74, 6) is 0.387. The van der Waals surface area contributed by atoms with Crippen molar-refractivity contribution < 1.29 is 5.11 Å². The van der Waals surface area contributed by atoms with Crippen LogP contribution in [0.25, 0.3) is 10.9 Å². The molecule has 0 aliphatic heterocycles. The molecule has 0 spiro atoms. The molecule has 1 aromatic carbocycles. The normalized spacial score (nSPS) is 11.6. The van der Waals surface area contributed by atoms with Gasteiger partial charge in [0.2, 0.25) is 0 Å². The molecule has 3 nitrogen and oxygen atoms in total. The van der Waals surface area contributed by atoms with Crippen molar-refractivity contribution in [3.05, 3.63) is 29.0 Å². The van der Waals surface area contributed by atoms with Crippen LogP contribution >= 0.6 is 0 Å². The third-order valence-corrected chi connectivity index (χ3v) is 2.81. The van der Waals surface area contributed by atoms with E-state index in [4.69, 9.17) is 0 Å². The zero-order chi connectivity index (χ0) is 11.9. The lowest BCUT2D eigenvalue weighted by Crippen LogP contribution is -2.11. The summed E-state index contributed by atoms with van der Waals surface area (Å²) in [5, 5.41) is 11.1. The van der Waals surface area contributed by atoms with Crippen molar-refractivity contribution in [2.24, 2.45) is 0 Å². The number of hydrogen-bond donors (Lipinski definition) is 2. The van der Waals surface area contributed by atoms with Crippen LogP contribution in [0.3, 0.4) is 0 Å². The summed E-state index contributed by atoms with van der Waals surface area (Å²) in [6.45, 7) is 4.80. The van der Waals surface area contributed by atoms with Gasteiger partial charge in [0.1, 0.15) is 5.75 Å². The Morgan fingerprint density at radius 2 is 1.94 bits per heavy atom. The molecule has 0 bridgehead atoms. The highest BCUT2D eigenvalue weighted by Crippen LogP contribution is 2.31. The number of aromatic amines is 1. The van der Waals surface area contributed by atoms with Gasteiger partial charge in [-0.3, -0.25) is 0 Å². The van der Waals surface area contributed by atoms with Gasteiger partial charge in [-0.15, -0.1) is 0 Å². The molecule has 0 aliphatic rings. The molecule has 0 atom stereocenters. The van der Waals surface area contributed by atoms with E-state index in [0.717, 1.165) is 34.3 Å². The molecule has 2 aromatic rings. The first kappa shape index (κ1) is 11.0. The molecule has 0 unspecified atom stereocenters. The van der Waals surface area contributed by atoms with Gasteiger partial charge in [-0.05, 0) is 45.6 Å². The van der Waals surface area contributed by atoms with Crippen LogP contribution in [0.15, 0.2) is 12.1 Å². The number of benzene rings is 1. The molecule has 0 aliphatic carbocycles. The SMILES string of the molecule is Cc1cc2c(CN(C)C)c(O)cc(C)c2[nH]1. The molecule has 0 saturated heterocycles. The number of fused-ring (bicyclic) bond motifs is 1. The largest absolute Gasteiger partial charge is 0.508 e. The fraction of sp³-hybridized carbons (Fsp3) is 0.385. The van der Waals surface area contributed by atoms with E-state index >= 15 is 0 Å². The van der Waals surface area contributed by atoms with Crippen LogP contribution in [-0.2, 0) is 6.54 Å². The Bertz CT molecular complexity index is 526. The third-order valence-electron chi connectivity index (χ3n) is 2.81. The number of nitrogens with one attached hydrogen (secondary N) is 1. The molecule has 16 heavy (non-hydrogen) atoms. The van der Waals surface area contributed by atoms with E-state index in [1.54, 1.807) is 0 Å². The first-order chi connectivity index (χ1) is 7.49. The minimum Gasteiger partial charge on any atom is -0.508 e. The van der Waals surface area contributed by atoms with Crippen molar-refractivity contribution in [3.8, 4) is 5.75 Å². The topological polar surface area (TPSA) is 39.3 Å². The van der Waals surface area contributed by atoms with E-state index in [2.05, 4.69) is 16.0 Å². The zero-order valence-electron chi connectivity index (χ0n) is 10.3. The summed E-state index contributed by atoms with van der Waals surface area (Å²) < 4.78 is 0. The average Bonchev–Trinajstić information content (AvgIpc) is 2.54. The summed E-state index contributed by atoms with van der Waals surface area (Å²) in [4.78, 5) is 5.40. The van der Waals surface area contributed by atoms with Gasteiger partial charge in [0.05, 0.1) is 0 Å². The molecule has 1 heterocycles. The van der Waals surface area contributed by atoms with Crippen LogP contribution in [0.1, 0.15) is 16.8 Å². The molecular weight excluding hydrogens is 200 g/mol. The van der Waals surface area contributed by atoms with Gasteiger partial charge in [-0.25, -0.2) is 0 Å². The number of aromatic hydroxyl groups is 1. The Balaban J connectivity index is 2.70. The molecule has 3 heteroatoms. The van der Waals surface area contributed by atoms with E-state index in [-0.39, 0.29) is 0 Å². The van der Waals surface area contributed by atoms with E-state index in [9.17, 15) is 5.11 Å². The second-order valence-electron chi connectivity index (χ2n) is 4.67. The van der Waals surface area contributed by atoms with Crippen LogP contribution in [0.4, 0.5) is 0 Å². The Labute approximate surface area is 95.7 Å². The maximum absolute atomic E-state index is 10.0. The van der Waals surface area contributed by atoms with Crippen molar-refractivity contribution in [1.82, 2.24) is 9.88 Å². The van der Waals surface area contributed by atoms with Gasteiger partial charge in [0, 0.05) is 28.7 Å². The summed E-state index contributed by atoms with van der Waals surface area (Å²) in [6, 6.07) is 3.93. The van der Waals surface area contributed by atoms with Gasteiger partial charge in [-0.2, -0.15) is 0 Å². The molecule has 0 fully saturated rings. The lowest BCUT2D eigenvalue weighted by molar-refractivity contribution is 0.388. The number of H-pyrrole nitrogens is 1. The summed E-state index contributed by atoms with van der Waals surface area (Å²) in [6.07, 6.45) is 0. The molecule has 86 valence electrons. The summed E-state index contributed by atoms with van der Waals surface area (Å²) in [5.41, 5.74) is 4.34. The van der Waals surface area contributed by atoms with Crippen LogP contribution in [0, 0.1) is 13.8 Å². The van der Waals surface area contributed by atoms with Gasteiger partial charge in [0.25, 0.3) is 0 Å². The van der Waals surface area contributed by atoms with Crippen LogP contribution in [0.2, 0.25) is 0 Å². The van der Waals surface area contributed by atoms with E-state index in [1.807, 2.05) is 34.0 Å². The number of rotatable bonds is 2. The molecule has 0 saturated carbocycles. The van der Waals surface area contributed by atoms with Crippen molar-refractivity contribution >= 4 is 10.9 Å². The lowest BCUT2D eigenvalue weighted by atomic mass is 10.0. The van der Waals surface area contributed by atoms with Crippen molar-refractivity contribution in [2.75, 3.05) is 14.1 Å². The minimum atomic E-state index is 0.387. The summed E-state index contributed by atoms with van der Waals surface area (Å²) >= 11 is 0. The van der Waals surface area contributed by atoms with Gasteiger partial charge in [-0.1, -0.05) is 0 Å². The second-order valence-corrected chi connectivity index (χ2v) is 4.67. The van der Waals surface area contributed by atoms with E-state index in [0.29, 0.717) is 5.75 Å². The van der Waals surface area contributed by atoms with E-state index in [1.165, 1.54) is 0 Å². The standard InChI is InChI=1S/C13H18N2O/c1-8-5-12(16)11(7-15(3)4)10-6-9(2)14-13(8)10/h5-6,14,16H,7H2,1-4H3. The van der Waals surface area contributed by atoms with Crippen LogP contribution in [0.5, 0.6) is 5.75 Å². The van der Waals surface area contributed by atoms with Crippen molar-refractivity contribution in [2.45, 2.75) is 20.4 Å². The first-order valence-corrected chi connectivity index (χ1v) is 5.44. The molecule has 1 aromatic heterocycles. The summed E-state index contributed by atoms with van der Waals surface area (Å²) in [7, 11) is 4.01. The molecule has 2 rings (SSSR count). The molecule has 0 amide bonds. The first-order valence-electron chi connectivity index (χ1n) is 5.44. The molecule has 2 N–H and O–H groups in total. The zero-order valence-corrected chi connectivity index (χ0v) is 10.3. The van der Waals surface area contributed by atoms with Crippen LogP contribution < -0.4 is 0 Å². The Kier molecular flexibility index (Phi) is 2.64. The highest BCUT2D eigenvalue weighted by molar-refractivity contribution is 5.88. The number of hydrogen-bond acceptors (Lipinski definition) is 2. The van der Waals surface area contributed by atoms with Crippen molar-refractivity contribution in [1.29, 1.82) is 0 Å². The Hall–Kier alpha value is -1.48. The molecule has 0 radical (unpaired) electrons. The number of aromatic nitrogens is 1. The highest BCUT2D eigenvalue weighted by atomic mass is 16.3. The third kappa shape index (κ3) is 1.78. The van der Waals surface area contributed by atoms with Gasteiger partial charge in [0.15, 0.2) is 0 Å². The maximum atomic E-state index is 10.0. The quantitative estimate of drug-likeness (QED) is 0.813. The number of phenols is 1. The van der Waals surface area contributed by atoms with Crippen molar-refractivity contribution in [3.63, 3.8) is 0 Å². The number of nitrogens with zero attached hydrogens (tertiary/aromatic N) is 1. The predicted octanol–water partition coefficient (Wildman–Crippen LogP) is 2.55. The van der Waals surface area contributed by atoms with Gasteiger partial charge < -0.3 is 15.0 Å². The second kappa shape index (κ2) is 3.83. The smallest absolute Gasteiger partial charge is 0.121 e. The van der Waals surface area contributed by atoms with Crippen LogP contribution in [-0.4, -0.2) is 29.1 Å². The predicted molar refractivity (Wildman–Crippen MR) is 66.8 cm³/mol. The Morgan fingerprint density at radius 1 is 1.25 bits per heavy atom. The number of aryl methyl sites for hydroxylation is 2. The van der Waals surface area contributed by atoms with Gasteiger partial charge >= 0.3 is 0 Å². The Morgan fingerprint density at radius 3 is 2.56 bits per heavy atom. The molecular formula is C13H18N2O. The van der Waals surface area contributed by atoms with E-state index < -0.39 is 0 Å². The fourth-order valence-electron chi connectivity index (χ4n) is 2.12. The monoisotopic (exact) mass is 218 g/mol.